The number of alkyl halides is 1. The lowest BCUT2D eigenvalue weighted by Gasteiger charge is -2.26. The molecule has 0 atom stereocenters. The number of hydrogen-bond acceptors (Lipinski definition) is 2. The molecular weight excluding hydrogens is 272 g/mol. The average molecular weight is 291 g/mol. The maximum atomic E-state index is 9.38. The van der Waals surface area contributed by atoms with Gasteiger partial charge in [0.1, 0.15) is 18.1 Å². The first-order chi connectivity index (χ1) is 9.54. The van der Waals surface area contributed by atoms with E-state index < -0.39 is 0 Å². The topological polar surface area (TPSA) is 29.5 Å². The van der Waals surface area contributed by atoms with Gasteiger partial charge in [-0.2, -0.15) is 0 Å². The lowest BCUT2D eigenvalue weighted by atomic mass is 9.78. The van der Waals surface area contributed by atoms with Gasteiger partial charge in [-0.15, -0.1) is 11.6 Å². The van der Waals surface area contributed by atoms with Crippen molar-refractivity contribution in [3.05, 3.63) is 59.7 Å². The highest BCUT2D eigenvalue weighted by atomic mass is 35.5. The lowest BCUT2D eigenvalue weighted by Crippen LogP contribution is -2.18. The van der Waals surface area contributed by atoms with Gasteiger partial charge in [0.25, 0.3) is 0 Å². The molecule has 0 saturated carbocycles. The summed E-state index contributed by atoms with van der Waals surface area (Å²) in [6.45, 7) is 4.84. The molecule has 1 N–H and O–H groups in total. The number of rotatable bonds is 5. The maximum Gasteiger partial charge on any atom is 0.119 e. The van der Waals surface area contributed by atoms with E-state index in [0.717, 1.165) is 11.3 Å². The third kappa shape index (κ3) is 3.26. The predicted octanol–water partition coefficient (Wildman–Crippen LogP) is 4.34. The zero-order valence-electron chi connectivity index (χ0n) is 11.8. The molecule has 0 radical (unpaired) electrons. The minimum absolute atomic E-state index is 0.126. The van der Waals surface area contributed by atoms with E-state index in [9.17, 15) is 5.11 Å². The number of hydrogen-bond donors (Lipinski definition) is 1. The second-order valence-corrected chi connectivity index (χ2v) is 5.61. The number of halogens is 1. The van der Waals surface area contributed by atoms with Crippen molar-refractivity contribution in [2.24, 2.45) is 0 Å². The molecule has 0 spiro atoms. The van der Waals surface area contributed by atoms with Crippen molar-refractivity contribution in [1.82, 2.24) is 0 Å². The van der Waals surface area contributed by atoms with Crippen molar-refractivity contribution >= 4 is 11.6 Å². The molecule has 0 saturated heterocycles. The van der Waals surface area contributed by atoms with E-state index >= 15 is 0 Å². The fourth-order valence-electron chi connectivity index (χ4n) is 2.17. The van der Waals surface area contributed by atoms with Crippen molar-refractivity contribution in [3.63, 3.8) is 0 Å². The van der Waals surface area contributed by atoms with Crippen molar-refractivity contribution in [1.29, 1.82) is 0 Å². The van der Waals surface area contributed by atoms with Crippen LogP contribution < -0.4 is 4.74 Å². The van der Waals surface area contributed by atoms with E-state index in [1.54, 1.807) is 12.1 Å². The first-order valence-electron chi connectivity index (χ1n) is 6.63. The molecule has 0 amide bonds. The van der Waals surface area contributed by atoms with Crippen LogP contribution in [-0.4, -0.2) is 17.6 Å². The number of phenols is 1. The number of ether oxygens (including phenoxy) is 1. The quantitative estimate of drug-likeness (QED) is 0.830. The summed E-state index contributed by atoms with van der Waals surface area (Å²) < 4.78 is 5.48. The van der Waals surface area contributed by atoms with E-state index in [0.29, 0.717) is 12.5 Å². The molecule has 0 bridgehead atoms. The molecule has 0 heterocycles. The number of phenolic OH excluding ortho intramolecular Hbond substituents is 1. The van der Waals surface area contributed by atoms with Crippen LogP contribution in [0.25, 0.3) is 0 Å². The van der Waals surface area contributed by atoms with Gasteiger partial charge in [-0.05, 0) is 35.4 Å². The maximum absolute atomic E-state index is 9.38. The SMILES string of the molecule is CC(C)(c1ccc(O)cc1)c1ccc(OCCCl)cc1. The summed E-state index contributed by atoms with van der Waals surface area (Å²) >= 11 is 5.60. The Hall–Kier alpha value is -1.67. The van der Waals surface area contributed by atoms with Crippen LogP contribution in [0, 0.1) is 0 Å². The van der Waals surface area contributed by atoms with E-state index in [4.69, 9.17) is 16.3 Å². The zero-order chi connectivity index (χ0) is 14.6. The third-order valence-electron chi connectivity index (χ3n) is 3.51. The molecule has 2 aromatic rings. The van der Waals surface area contributed by atoms with E-state index in [-0.39, 0.29) is 11.2 Å². The Kier molecular flexibility index (Phi) is 4.56. The second kappa shape index (κ2) is 6.19. The number of benzene rings is 2. The van der Waals surface area contributed by atoms with Gasteiger partial charge in [-0.1, -0.05) is 38.1 Å². The van der Waals surface area contributed by atoms with E-state index in [1.165, 1.54) is 5.56 Å². The molecule has 0 aliphatic rings. The summed E-state index contributed by atoms with van der Waals surface area (Å²) in [5.41, 5.74) is 2.23. The Balaban J connectivity index is 2.22. The normalized spacial score (nSPS) is 11.3. The zero-order valence-corrected chi connectivity index (χ0v) is 12.5. The molecule has 20 heavy (non-hydrogen) atoms. The Morgan fingerprint density at radius 1 is 0.950 bits per heavy atom. The molecule has 2 nitrogen and oxygen atoms in total. The highest BCUT2D eigenvalue weighted by Crippen LogP contribution is 2.33. The van der Waals surface area contributed by atoms with Crippen LogP contribution in [-0.2, 0) is 5.41 Å². The highest BCUT2D eigenvalue weighted by Gasteiger charge is 2.22. The highest BCUT2D eigenvalue weighted by molar-refractivity contribution is 6.18. The van der Waals surface area contributed by atoms with Crippen LogP contribution in [0.4, 0.5) is 0 Å². The van der Waals surface area contributed by atoms with Crippen molar-refractivity contribution in [2.45, 2.75) is 19.3 Å². The largest absolute Gasteiger partial charge is 0.508 e. The summed E-state index contributed by atoms with van der Waals surface area (Å²) in [6.07, 6.45) is 0. The molecule has 0 aromatic heterocycles. The monoisotopic (exact) mass is 290 g/mol. The van der Waals surface area contributed by atoms with E-state index in [2.05, 4.69) is 26.0 Å². The molecule has 2 rings (SSSR count). The molecular formula is C17H19ClO2. The van der Waals surface area contributed by atoms with Gasteiger partial charge in [-0.25, -0.2) is 0 Å². The van der Waals surface area contributed by atoms with Crippen molar-refractivity contribution in [2.75, 3.05) is 12.5 Å². The summed E-state index contributed by atoms with van der Waals surface area (Å²) in [7, 11) is 0. The van der Waals surface area contributed by atoms with E-state index in [1.807, 2.05) is 24.3 Å². The predicted molar refractivity (Wildman–Crippen MR) is 82.9 cm³/mol. The molecule has 0 aliphatic heterocycles. The van der Waals surface area contributed by atoms with Gasteiger partial charge in [0.2, 0.25) is 0 Å². The Bertz CT molecular complexity index is 544. The second-order valence-electron chi connectivity index (χ2n) is 5.23. The van der Waals surface area contributed by atoms with Crippen molar-refractivity contribution < 1.29 is 9.84 Å². The van der Waals surface area contributed by atoms with Crippen LogP contribution in [0.3, 0.4) is 0 Å². The standard InChI is InChI=1S/C17H19ClO2/c1-17(2,13-3-7-15(19)8-4-13)14-5-9-16(10-6-14)20-12-11-18/h3-10,19H,11-12H2,1-2H3. The molecule has 0 unspecified atom stereocenters. The van der Waals surface area contributed by atoms with Crippen LogP contribution >= 0.6 is 11.6 Å². The molecule has 3 heteroatoms. The van der Waals surface area contributed by atoms with Gasteiger partial charge in [0.05, 0.1) is 5.88 Å². The first kappa shape index (κ1) is 14.7. The van der Waals surface area contributed by atoms with Crippen LogP contribution in [0.5, 0.6) is 11.5 Å². The molecule has 0 aliphatic carbocycles. The number of aromatic hydroxyl groups is 1. The average Bonchev–Trinajstić information content (AvgIpc) is 2.46. The minimum atomic E-state index is -0.126. The summed E-state index contributed by atoms with van der Waals surface area (Å²) in [5, 5.41) is 9.38. The minimum Gasteiger partial charge on any atom is -0.508 e. The summed E-state index contributed by atoms with van der Waals surface area (Å²) in [5.74, 6) is 1.60. The van der Waals surface area contributed by atoms with Gasteiger partial charge in [0, 0.05) is 5.41 Å². The fourth-order valence-corrected chi connectivity index (χ4v) is 2.25. The third-order valence-corrected chi connectivity index (χ3v) is 3.67. The lowest BCUT2D eigenvalue weighted by molar-refractivity contribution is 0.342. The molecule has 2 aromatic carbocycles. The van der Waals surface area contributed by atoms with Gasteiger partial charge < -0.3 is 9.84 Å². The van der Waals surface area contributed by atoms with Crippen LogP contribution in [0.1, 0.15) is 25.0 Å². The molecule has 106 valence electrons. The smallest absolute Gasteiger partial charge is 0.119 e. The van der Waals surface area contributed by atoms with Gasteiger partial charge >= 0.3 is 0 Å². The summed E-state index contributed by atoms with van der Waals surface area (Å²) in [6, 6.07) is 15.4. The first-order valence-corrected chi connectivity index (χ1v) is 7.16. The fraction of sp³-hybridized carbons (Fsp3) is 0.294. The Morgan fingerprint density at radius 3 is 1.95 bits per heavy atom. The van der Waals surface area contributed by atoms with Gasteiger partial charge in [0.15, 0.2) is 0 Å². The summed E-state index contributed by atoms with van der Waals surface area (Å²) in [4.78, 5) is 0. The Morgan fingerprint density at radius 2 is 1.45 bits per heavy atom. The van der Waals surface area contributed by atoms with Crippen molar-refractivity contribution in [3.8, 4) is 11.5 Å². The van der Waals surface area contributed by atoms with Gasteiger partial charge in [-0.3, -0.25) is 0 Å². The Labute approximate surface area is 125 Å². The van der Waals surface area contributed by atoms with Crippen LogP contribution in [0.15, 0.2) is 48.5 Å². The molecule has 0 fully saturated rings. The van der Waals surface area contributed by atoms with Crippen LogP contribution in [0.2, 0.25) is 0 Å².